The van der Waals surface area contributed by atoms with Gasteiger partial charge in [-0.05, 0) is 209 Å². The Bertz CT molecular complexity index is 5220. The minimum Gasteiger partial charge on any atom is -0.310 e. The average molecular weight is 1150 g/mol. The summed E-state index contributed by atoms with van der Waals surface area (Å²) in [4.78, 5) is 9.53. The van der Waals surface area contributed by atoms with Crippen LogP contribution in [0.15, 0.2) is 352 Å². The highest BCUT2D eigenvalue weighted by atomic mass is 15.2. The van der Waals surface area contributed by atoms with Crippen LogP contribution in [-0.2, 0) is 0 Å². The molecule has 0 aromatic heterocycles. The number of benzene rings is 17. The normalized spacial score (nSPS) is 11.6. The smallest absolute Gasteiger partial charge is 0.0540 e. The molecule has 17 aromatic rings. The van der Waals surface area contributed by atoms with Crippen molar-refractivity contribution in [1.29, 1.82) is 0 Å². The maximum atomic E-state index is 2.38. The molecule has 0 atom stereocenters. The molecule has 4 nitrogen and oxygen atoms in total. The van der Waals surface area contributed by atoms with Crippen molar-refractivity contribution in [3.63, 3.8) is 0 Å². The second-order valence-corrected chi connectivity index (χ2v) is 23.3. The highest BCUT2D eigenvalue weighted by molar-refractivity contribution is 6.14. The highest BCUT2D eigenvalue weighted by Gasteiger charge is 2.21. The van der Waals surface area contributed by atoms with Crippen molar-refractivity contribution in [3.8, 4) is 0 Å². The number of rotatable bonds is 12. The largest absolute Gasteiger partial charge is 0.310 e. The summed E-state index contributed by atoms with van der Waals surface area (Å²) in [5.74, 6) is 0. The van der Waals surface area contributed by atoms with Crippen LogP contribution in [0.5, 0.6) is 0 Å². The van der Waals surface area contributed by atoms with Crippen molar-refractivity contribution in [3.05, 3.63) is 352 Å². The number of para-hydroxylation sites is 4. The molecule has 0 aliphatic carbocycles. The van der Waals surface area contributed by atoms with E-state index in [0.29, 0.717) is 0 Å². The standard InChI is InChI=1S/C86H58N4/c1-5-23-67(24-6-1)87(73-43-49-79-63(55-73)37-39-65-57-75(45-51-81(65)79)89(69-27-9-3-10-28-69)85-33-17-21-59-19-13-15-31-83(59)85)71-41-47-77-61(53-71)35-36-62-54-72(42-48-78(62)77)88(68-25-7-2-8-26-68)74-44-50-80-64(56-74)38-40-66-58-76(46-52-82(66)80)90(70-29-11-4-12-30-70)86-34-18-22-60-20-14-16-32-84(60)86/h1-58H. The van der Waals surface area contributed by atoms with Gasteiger partial charge in [-0.2, -0.15) is 0 Å². The molecule has 0 N–H and O–H groups in total. The van der Waals surface area contributed by atoms with Gasteiger partial charge < -0.3 is 19.6 Å². The average Bonchev–Trinajstić information content (AvgIpc) is 1.32. The van der Waals surface area contributed by atoms with Crippen LogP contribution in [-0.4, -0.2) is 0 Å². The minimum atomic E-state index is 1.10. The molecule has 0 spiro atoms. The van der Waals surface area contributed by atoms with E-state index in [1.54, 1.807) is 0 Å². The zero-order valence-electron chi connectivity index (χ0n) is 49.3. The molecule has 0 saturated carbocycles. The summed E-state index contributed by atoms with van der Waals surface area (Å²) in [7, 11) is 0. The Hall–Kier alpha value is -12.0. The van der Waals surface area contributed by atoms with Crippen molar-refractivity contribution in [2.75, 3.05) is 19.6 Å². The molecule has 0 saturated heterocycles. The molecule has 0 heterocycles. The third kappa shape index (κ3) is 9.25. The first kappa shape index (κ1) is 52.4. The molecule has 0 fully saturated rings. The maximum absolute atomic E-state index is 2.38. The van der Waals surface area contributed by atoms with Crippen molar-refractivity contribution >= 4 is 154 Å². The van der Waals surface area contributed by atoms with Gasteiger partial charge >= 0.3 is 0 Å². The minimum absolute atomic E-state index is 1.10. The van der Waals surface area contributed by atoms with E-state index in [4.69, 9.17) is 0 Å². The topological polar surface area (TPSA) is 13.0 Å². The van der Waals surface area contributed by atoms with Gasteiger partial charge in [0.05, 0.1) is 11.4 Å². The summed E-state index contributed by atoms with van der Waals surface area (Å²) in [6.07, 6.45) is 0. The van der Waals surface area contributed by atoms with Gasteiger partial charge in [-0.25, -0.2) is 0 Å². The fourth-order valence-electron chi connectivity index (χ4n) is 13.8. The van der Waals surface area contributed by atoms with Crippen molar-refractivity contribution in [1.82, 2.24) is 0 Å². The summed E-state index contributed by atoms with van der Waals surface area (Å²) < 4.78 is 0. The van der Waals surface area contributed by atoms with E-state index in [0.717, 1.165) is 68.2 Å². The summed E-state index contributed by atoms with van der Waals surface area (Å²) in [6, 6.07) is 129. The van der Waals surface area contributed by atoms with Crippen molar-refractivity contribution in [2.45, 2.75) is 0 Å². The van der Waals surface area contributed by atoms with Gasteiger partial charge in [-0.15, -0.1) is 0 Å². The SMILES string of the molecule is c1ccc(N(c2ccc3c(ccc4cc(N(c5ccccc5)c5ccc6c(ccc7cc(N(c8ccccc8)c8cccc9ccccc89)ccc76)c5)ccc43)c2)c2ccc3c(ccc4cc(N(c5ccccc5)c5cccc6ccccc56)ccc43)c2)cc1. The molecule has 0 bridgehead atoms. The third-order valence-corrected chi connectivity index (χ3v) is 18.0. The first-order valence-electron chi connectivity index (χ1n) is 30.9. The van der Waals surface area contributed by atoms with Gasteiger partial charge in [0.2, 0.25) is 0 Å². The molecule has 422 valence electrons. The second kappa shape index (κ2) is 22.1. The van der Waals surface area contributed by atoms with E-state index < -0.39 is 0 Å². The second-order valence-electron chi connectivity index (χ2n) is 23.3. The Balaban J connectivity index is 0.698. The van der Waals surface area contributed by atoms with Crippen molar-refractivity contribution < 1.29 is 0 Å². The molecular weight excluding hydrogens is 1090 g/mol. The lowest BCUT2D eigenvalue weighted by Crippen LogP contribution is -2.10. The van der Waals surface area contributed by atoms with Crippen molar-refractivity contribution in [2.24, 2.45) is 0 Å². The lowest BCUT2D eigenvalue weighted by Gasteiger charge is -2.28. The van der Waals surface area contributed by atoms with E-state index in [1.165, 1.54) is 86.2 Å². The predicted octanol–water partition coefficient (Wildman–Crippen LogP) is 24.8. The highest BCUT2D eigenvalue weighted by Crippen LogP contribution is 2.46. The molecule has 90 heavy (non-hydrogen) atoms. The van der Waals surface area contributed by atoms with Crippen LogP contribution in [0.25, 0.3) is 86.2 Å². The molecule has 17 rings (SSSR count). The molecular formula is C86H58N4. The van der Waals surface area contributed by atoms with Gasteiger partial charge in [0, 0.05) is 67.6 Å². The molecule has 0 aliphatic heterocycles. The Morgan fingerprint density at radius 3 is 0.622 bits per heavy atom. The quantitative estimate of drug-likeness (QED) is 0.113. The number of nitrogens with zero attached hydrogens (tertiary/aromatic N) is 4. The summed E-state index contributed by atoms with van der Waals surface area (Å²) >= 11 is 0. The van der Waals surface area contributed by atoms with E-state index in [-0.39, 0.29) is 0 Å². The summed E-state index contributed by atoms with van der Waals surface area (Å²) in [5, 5.41) is 19.3. The molecule has 0 unspecified atom stereocenters. The van der Waals surface area contributed by atoms with Crippen LogP contribution in [0.1, 0.15) is 0 Å². The van der Waals surface area contributed by atoms with E-state index >= 15 is 0 Å². The summed E-state index contributed by atoms with van der Waals surface area (Å²) in [6.45, 7) is 0. The van der Waals surface area contributed by atoms with Crippen LogP contribution in [0.4, 0.5) is 68.2 Å². The van der Waals surface area contributed by atoms with Gasteiger partial charge in [0.25, 0.3) is 0 Å². The number of fused-ring (bicyclic) bond motifs is 11. The maximum Gasteiger partial charge on any atom is 0.0540 e. The third-order valence-electron chi connectivity index (χ3n) is 18.0. The Kier molecular flexibility index (Phi) is 12.8. The Morgan fingerprint density at radius 2 is 0.344 bits per heavy atom. The lowest BCUT2D eigenvalue weighted by atomic mass is 9.98. The molecule has 0 aliphatic rings. The predicted molar refractivity (Wildman–Crippen MR) is 385 cm³/mol. The molecule has 4 heteroatoms. The molecule has 0 radical (unpaired) electrons. The lowest BCUT2D eigenvalue weighted by molar-refractivity contribution is 1.29. The van der Waals surface area contributed by atoms with E-state index in [1.807, 2.05) is 0 Å². The zero-order chi connectivity index (χ0) is 59.5. The van der Waals surface area contributed by atoms with Crippen LogP contribution >= 0.6 is 0 Å². The first-order chi connectivity index (χ1) is 44.6. The summed E-state index contributed by atoms with van der Waals surface area (Å²) in [5.41, 5.74) is 13.4. The Morgan fingerprint density at radius 1 is 0.122 bits per heavy atom. The molecule has 0 amide bonds. The van der Waals surface area contributed by atoms with E-state index in [2.05, 4.69) is 371 Å². The zero-order valence-corrected chi connectivity index (χ0v) is 49.3. The van der Waals surface area contributed by atoms with Gasteiger partial charge in [-0.3, -0.25) is 0 Å². The number of anilines is 12. The van der Waals surface area contributed by atoms with Gasteiger partial charge in [-0.1, -0.05) is 218 Å². The van der Waals surface area contributed by atoms with Crippen LogP contribution in [0.2, 0.25) is 0 Å². The fourth-order valence-corrected chi connectivity index (χ4v) is 13.8. The van der Waals surface area contributed by atoms with E-state index in [9.17, 15) is 0 Å². The first-order valence-corrected chi connectivity index (χ1v) is 30.9. The number of hydrogen-bond donors (Lipinski definition) is 0. The van der Waals surface area contributed by atoms with Crippen LogP contribution in [0.3, 0.4) is 0 Å². The number of hydrogen-bond acceptors (Lipinski definition) is 4. The van der Waals surface area contributed by atoms with Crippen LogP contribution in [0, 0.1) is 0 Å². The van der Waals surface area contributed by atoms with Crippen LogP contribution < -0.4 is 19.6 Å². The van der Waals surface area contributed by atoms with Gasteiger partial charge in [0.15, 0.2) is 0 Å². The molecule has 17 aromatic carbocycles. The fraction of sp³-hybridized carbons (Fsp3) is 0. The Labute approximate surface area is 522 Å². The van der Waals surface area contributed by atoms with Gasteiger partial charge in [0.1, 0.15) is 0 Å². The monoisotopic (exact) mass is 1150 g/mol.